The average Bonchev–Trinajstić information content (AvgIpc) is 3.46. The van der Waals surface area contributed by atoms with Crippen molar-refractivity contribution in [3.63, 3.8) is 0 Å². The molecule has 0 aromatic rings. The van der Waals surface area contributed by atoms with Crippen molar-refractivity contribution in [3.8, 4) is 0 Å². The van der Waals surface area contributed by atoms with Gasteiger partial charge in [-0.15, -0.1) is 0 Å². The Hall–Kier alpha value is -3.51. The Kier molecular flexibility index (Phi) is 61.6. The van der Waals surface area contributed by atoms with Gasteiger partial charge >= 0.3 is 24.0 Å². The highest BCUT2D eigenvalue weighted by Crippen LogP contribution is 2.23. The molecule has 2 amide bonds. The zero-order chi connectivity index (χ0) is 61.2. The monoisotopic (exact) mass is 1150 g/mol. The maximum absolute atomic E-state index is 13.0. The van der Waals surface area contributed by atoms with Crippen LogP contribution in [0.3, 0.4) is 0 Å². The number of ether oxygens (including phenoxy) is 4. The van der Waals surface area contributed by atoms with Gasteiger partial charge in [0.05, 0.1) is 32.5 Å². The van der Waals surface area contributed by atoms with E-state index in [4.69, 9.17) is 18.9 Å². The van der Waals surface area contributed by atoms with Gasteiger partial charge in [-0.25, -0.2) is 4.79 Å². The molecule has 1 fully saturated rings. The lowest BCUT2D eigenvalue weighted by atomic mass is 9.90. The Bertz CT molecular complexity index is 1440. The number of nitrogens with one attached hydrogen (secondary N) is 1. The number of unbranched alkanes of at least 4 members (excludes halogenated alkanes) is 21. The van der Waals surface area contributed by atoms with E-state index in [2.05, 4.69) is 46.9 Å². The maximum Gasteiger partial charge on any atom is 0.410 e. The molecule has 0 bridgehead atoms. The lowest BCUT2D eigenvalue weighted by Crippen LogP contribution is -2.56. The van der Waals surface area contributed by atoms with E-state index < -0.39 is 0 Å². The predicted octanol–water partition coefficient (Wildman–Crippen LogP) is 18.2. The number of carbonyl (C=O) groups is 7. The SMILES string of the molecule is CC.CC.CCCCCCCCCC(=O)CC(CC(=O)NCC1CCN1C(=O)OCC(CCC)CCC)CC(=O)OCCCCCCCC.CCCCCCCCOC(=O)CC(CC(=O)OCCCCCCCC)CC(=O)C(C)CC. The third kappa shape index (κ3) is 50.7. The number of nitrogens with zero attached hydrogens (tertiary/aromatic N) is 1. The fourth-order valence-corrected chi connectivity index (χ4v) is 9.80. The molecular weight excluding hydrogens is 1020 g/mol. The van der Waals surface area contributed by atoms with Crippen molar-refractivity contribution in [2.45, 2.75) is 333 Å². The molecule has 0 aromatic heterocycles. The normalized spacial score (nSPS) is 13.3. The molecule has 478 valence electrons. The number of rotatable bonds is 51. The molecule has 1 aliphatic heterocycles. The van der Waals surface area contributed by atoms with Crippen molar-refractivity contribution >= 4 is 41.5 Å². The zero-order valence-corrected chi connectivity index (χ0v) is 54.9. The lowest BCUT2D eigenvalue weighted by Gasteiger charge is -2.40. The van der Waals surface area contributed by atoms with Crippen LogP contribution in [0.4, 0.5) is 4.79 Å². The number of Topliss-reactive ketones (excluding diaryl/α,β-unsaturated/α-hetero) is 2. The molecule has 1 aliphatic rings. The fraction of sp³-hybridized carbons (Fsp3) is 0.897. The number of hydrogen-bond acceptors (Lipinski definition) is 11. The van der Waals surface area contributed by atoms with Crippen molar-refractivity contribution in [2.75, 3.05) is 39.5 Å². The number of carbonyl (C=O) groups excluding carboxylic acids is 7. The van der Waals surface area contributed by atoms with E-state index in [0.29, 0.717) is 51.9 Å². The van der Waals surface area contributed by atoms with Crippen LogP contribution in [0.1, 0.15) is 327 Å². The molecule has 1 saturated heterocycles. The van der Waals surface area contributed by atoms with Crippen LogP contribution in [0, 0.1) is 23.7 Å². The Morgan fingerprint density at radius 3 is 1.20 bits per heavy atom. The van der Waals surface area contributed by atoms with Crippen LogP contribution in [0.2, 0.25) is 0 Å². The summed E-state index contributed by atoms with van der Waals surface area (Å²) in [5.74, 6) is -1.33. The van der Waals surface area contributed by atoms with Gasteiger partial charge in [0.1, 0.15) is 11.6 Å². The smallest absolute Gasteiger partial charge is 0.410 e. The summed E-state index contributed by atoms with van der Waals surface area (Å²) in [5.41, 5.74) is 0. The van der Waals surface area contributed by atoms with E-state index in [-0.39, 0.29) is 104 Å². The van der Waals surface area contributed by atoms with Gasteiger partial charge in [-0.3, -0.25) is 28.8 Å². The van der Waals surface area contributed by atoms with E-state index in [9.17, 15) is 33.6 Å². The molecule has 3 unspecified atom stereocenters. The number of likely N-dealkylation sites (tertiary alicyclic amines) is 1. The molecule has 0 saturated carbocycles. The second-order valence-corrected chi connectivity index (χ2v) is 22.6. The van der Waals surface area contributed by atoms with Gasteiger partial charge < -0.3 is 29.2 Å². The second-order valence-electron chi connectivity index (χ2n) is 22.6. The molecule has 1 rings (SSSR count). The van der Waals surface area contributed by atoms with Gasteiger partial charge in [0.25, 0.3) is 0 Å². The Labute approximate surface area is 498 Å². The van der Waals surface area contributed by atoms with Crippen LogP contribution in [-0.2, 0) is 47.7 Å². The summed E-state index contributed by atoms with van der Waals surface area (Å²) in [6.07, 6.45) is 35.1. The van der Waals surface area contributed by atoms with Crippen molar-refractivity contribution in [1.82, 2.24) is 10.2 Å². The molecule has 81 heavy (non-hydrogen) atoms. The van der Waals surface area contributed by atoms with E-state index in [1.165, 1.54) is 96.3 Å². The minimum absolute atomic E-state index is 0.0595. The minimum Gasteiger partial charge on any atom is -0.466 e. The van der Waals surface area contributed by atoms with Gasteiger partial charge in [-0.2, -0.15) is 0 Å². The van der Waals surface area contributed by atoms with Gasteiger partial charge in [-0.1, -0.05) is 231 Å². The molecule has 1 heterocycles. The van der Waals surface area contributed by atoms with E-state index in [1.54, 1.807) is 4.90 Å². The lowest BCUT2D eigenvalue weighted by molar-refractivity contribution is -0.148. The minimum atomic E-state index is -0.379. The summed E-state index contributed by atoms with van der Waals surface area (Å²) in [6, 6.07) is -0.0862. The van der Waals surface area contributed by atoms with E-state index >= 15 is 0 Å². The first-order valence-corrected chi connectivity index (χ1v) is 34.0. The highest BCUT2D eigenvalue weighted by Gasteiger charge is 2.34. The molecule has 13 heteroatoms. The van der Waals surface area contributed by atoms with Crippen LogP contribution in [0.5, 0.6) is 0 Å². The second kappa shape index (κ2) is 61.1. The highest BCUT2D eigenvalue weighted by atomic mass is 16.6. The Morgan fingerprint density at radius 1 is 0.444 bits per heavy atom. The van der Waals surface area contributed by atoms with E-state index in [1.807, 2.05) is 41.5 Å². The summed E-state index contributed by atoms with van der Waals surface area (Å²) >= 11 is 0. The van der Waals surface area contributed by atoms with Crippen molar-refractivity contribution in [2.24, 2.45) is 23.7 Å². The third-order valence-corrected chi connectivity index (χ3v) is 15.1. The summed E-state index contributed by atoms with van der Waals surface area (Å²) in [7, 11) is 0. The fourth-order valence-electron chi connectivity index (χ4n) is 9.80. The van der Waals surface area contributed by atoms with Crippen LogP contribution in [0.15, 0.2) is 0 Å². The zero-order valence-electron chi connectivity index (χ0n) is 54.9. The molecular formula is C68H130N2O11. The molecule has 1 N–H and O–H groups in total. The van der Waals surface area contributed by atoms with E-state index in [0.717, 1.165) is 103 Å². The predicted molar refractivity (Wildman–Crippen MR) is 335 cm³/mol. The van der Waals surface area contributed by atoms with Gasteiger partial charge in [0, 0.05) is 64.0 Å². The highest BCUT2D eigenvalue weighted by molar-refractivity contribution is 5.83. The first kappa shape index (κ1) is 81.7. The number of esters is 3. The van der Waals surface area contributed by atoms with Gasteiger partial charge in [-0.05, 0) is 69.1 Å². The average molecular weight is 1150 g/mol. The maximum atomic E-state index is 13.0. The van der Waals surface area contributed by atoms with Crippen LogP contribution in [-0.4, -0.2) is 91.9 Å². The van der Waals surface area contributed by atoms with Crippen LogP contribution < -0.4 is 5.32 Å². The molecule has 0 spiro atoms. The standard InChI is InChI=1S/C37H68N2O6.C27H50O5.2C2H6/c1-5-9-11-13-15-16-18-22-34(40)26-32(28-36(42)44-25-19-17-14-12-10-6-2)27-35(41)38-29-33-23-24-39(33)37(43)45-30-31(20-7-3)21-8-4;1-5-8-10-12-14-16-18-31-26(29)21-24(20-25(28)23(4)7-3)22-27(30)32-19-17-15-13-11-9-6-2;2*1-2/h31-33H,5-30H2,1-4H3,(H,38,41);23-24H,5-22H2,1-4H3;2*1-2H3. The first-order chi connectivity index (χ1) is 39.3. The first-order valence-electron chi connectivity index (χ1n) is 34.0. The topological polar surface area (TPSA) is 172 Å². The van der Waals surface area contributed by atoms with Gasteiger partial charge in [0.2, 0.25) is 5.91 Å². The van der Waals surface area contributed by atoms with Crippen LogP contribution >= 0.6 is 0 Å². The quantitative estimate of drug-likeness (QED) is 0.0349. The van der Waals surface area contributed by atoms with Crippen molar-refractivity contribution in [1.29, 1.82) is 0 Å². The third-order valence-electron chi connectivity index (χ3n) is 15.1. The summed E-state index contributed by atoms with van der Waals surface area (Å²) in [4.78, 5) is 89.8. The summed E-state index contributed by atoms with van der Waals surface area (Å²) in [6.45, 7) is 27.6. The largest absolute Gasteiger partial charge is 0.466 e. The molecule has 3 atom stereocenters. The number of hydrogen-bond donors (Lipinski definition) is 1. The van der Waals surface area contributed by atoms with Crippen molar-refractivity contribution in [3.05, 3.63) is 0 Å². The van der Waals surface area contributed by atoms with Crippen molar-refractivity contribution < 1.29 is 52.5 Å². The Balaban J connectivity index is -0.00000149. The molecule has 0 aromatic carbocycles. The molecule has 0 radical (unpaired) electrons. The number of amides is 2. The summed E-state index contributed by atoms with van der Waals surface area (Å²) in [5, 5.41) is 2.95. The van der Waals surface area contributed by atoms with Gasteiger partial charge in [0.15, 0.2) is 0 Å². The van der Waals surface area contributed by atoms with Crippen LogP contribution in [0.25, 0.3) is 0 Å². The number of ketones is 2. The summed E-state index contributed by atoms with van der Waals surface area (Å²) < 4.78 is 21.8. The Morgan fingerprint density at radius 2 is 0.827 bits per heavy atom. The molecule has 0 aliphatic carbocycles. The molecule has 13 nitrogen and oxygen atoms in total.